The van der Waals surface area contributed by atoms with Gasteiger partial charge in [0, 0.05) is 26.7 Å². The summed E-state index contributed by atoms with van der Waals surface area (Å²) in [5, 5.41) is 2.85. The van der Waals surface area contributed by atoms with Crippen molar-refractivity contribution in [2.45, 2.75) is 6.54 Å². The minimum Gasteiger partial charge on any atom is -0.398 e. The van der Waals surface area contributed by atoms with Gasteiger partial charge in [0.05, 0.1) is 0 Å². The number of carbonyl (C=O) groups is 1. The van der Waals surface area contributed by atoms with Crippen LogP contribution in [0.2, 0.25) is 0 Å². The number of hydrogen-bond acceptors (Lipinski definition) is 2. The van der Waals surface area contributed by atoms with E-state index in [0.717, 1.165) is 14.5 Å². The third-order valence-corrected chi connectivity index (χ3v) is 3.53. The van der Waals surface area contributed by atoms with Gasteiger partial charge in [0.1, 0.15) is 0 Å². The monoisotopic (exact) mass is 382 g/mol. The quantitative estimate of drug-likeness (QED) is 0.793. The SMILES string of the molecule is Nc1ccccc1CNC(=O)c1cc(Br)cc(Br)c1. The van der Waals surface area contributed by atoms with E-state index in [1.165, 1.54) is 0 Å². The van der Waals surface area contributed by atoms with Gasteiger partial charge in [-0.05, 0) is 29.8 Å². The van der Waals surface area contributed by atoms with Crippen molar-refractivity contribution in [2.24, 2.45) is 0 Å². The largest absolute Gasteiger partial charge is 0.398 e. The minimum absolute atomic E-state index is 0.134. The molecule has 0 fully saturated rings. The van der Waals surface area contributed by atoms with Crippen molar-refractivity contribution in [2.75, 3.05) is 5.73 Å². The number of rotatable bonds is 3. The van der Waals surface area contributed by atoms with E-state index >= 15 is 0 Å². The van der Waals surface area contributed by atoms with E-state index in [4.69, 9.17) is 5.73 Å². The van der Waals surface area contributed by atoms with E-state index in [1.807, 2.05) is 30.3 Å². The molecule has 0 spiro atoms. The molecule has 0 radical (unpaired) electrons. The summed E-state index contributed by atoms with van der Waals surface area (Å²) in [4.78, 5) is 12.0. The van der Waals surface area contributed by atoms with E-state index in [1.54, 1.807) is 12.1 Å². The van der Waals surface area contributed by atoms with Gasteiger partial charge >= 0.3 is 0 Å². The molecule has 0 heterocycles. The molecule has 5 heteroatoms. The van der Waals surface area contributed by atoms with Crippen molar-refractivity contribution in [1.29, 1.82) is 0 Å². The molecule has 0 saturated carbocycles. The highest BCUT2D eigenvalue weighted by molar-refractivity contribution is 9.11. The number of hydrogen-bond donors (Lipinski definition) is 2. The summed E-state index contributed by atoms with van der Waals surface area (Å²) in [6, 6.07) is 12.9. The van der Waals surface area contributed by atoms with Gasteiger partial charge in [0.15, 0.2) is 0 Å². The first-order valence-electron chi connectivity index (χ1n) is 5.64. The van der Waals surface area contributed by atoms with Crippen LogP contribution in [0, 0.1) is 0 Å². The van der Waals surface area contributed by atoms with Gasteiger partial charge in [-0.3, -0.25) is 4.79 Å². The van der Waals surface area contributed by atoms with Crippen molar-refractivity contribution < 1.29 is 4.79 Å². The second kappa shape index (κ2) is 6.21. The lowest BCUT2D eigenvalue weighted by molar-refractivity contribution is 0.0951. The van der Waals surface area contributed by atoms with E-state index in [-0.39, 0.29) is 5.91 Å². The van der Waals surface area contributed by atoms with Crippen LogP contribution in [0.4, 0.5) is 5.69 Å². The Hall–Kier alpha value is -1.33. The van der Waals surface area contributed by atoms with Gasteiger partial charge in [0.25, 0.3) is 5.91 Å². The molecule has 98 valence electrons. The Morgan fingerprint density at radius 2 is 1.74 bits per heavy atom. The Labute approximate surface area is 128 Å². The van der Waals surface area contributed by atoms with Crippen LogP contribution >= 0.6 is 31.9 Å². The summed E-state index contributed by atoms with van der Waals surface area (Å²) in [6.45, 7) is 0.412. The Kier molecular flexibility index (Phi) is 4.61. The summed E-state index contributed by atoms with van der Waals surface area (Å²) in [6.07, 6.45) is 0. The van der Waals surface area contributed by atoms with E-state index in [0.29, 0.717) is 17.8 Å². The maximum Gasteiger partial charge on any atom is 0.251 e. The molecular weight excluding hydrogens is 372 g/mol. The fourth-order valence-electron chi connectivity index (χ4n) is 1.66. The van der Waals surface area contributed by atoms with Crippen LogP contribution in [0.1, 0.15) is 15.9 Å². The molecule has 0 bridgehead atoms. The Balaban J connectivity index is 2.08. The highest BCUT2D eigenvalue weighted by Crippen LogP contribution is 2.20. The molecule has 1 amide bonds. The molecule has 0 aliphatic rings. The second-order valence-corrected chi connectivity index (χ2v) is 5.87. The molecule has 3 nitrogen and oxygen atoms in total. The minimum atomic E-state index is -0.134. The van der Waals surface area contributed by atoms with Gasteiger partial charge < -0.3 is 11.1 Å². The molecule has 0 aliphatic carbocycles. The lowest BCUT2D eigenvalue weighted by Gasteiger charge is -2.08. The number of halogens is 2. The molecule has 0 atom stereocenters. The van der Waals surface area contributed by atoms with Crippen LogP contribution in [-0.2, 0) is 6.54 Å². The highest BCUT2D eigenvalue weighted by atomic mass is 79.9. The number of carbonyl (C=O) groups excluding carboxylic acids is 1. The molecular formula is C14H12Br2N2O. The number of nitrogens with one attached hydrogen (secondary N) is 1. The molecule has 0 aromatic heterocycles. The van der Waals surface area contributed by atoms with E-state index < -0.39 is 0 Å². The predicted molar refractivity (Wildman–Crippen MR) is 83.9 cm³/mol. The van der Waals surface area contributed by atoms with Crippen molar-refractivity contribution in [3.63, 3.8) is 0 Å². The van der Waals surface area contributed by atoms with Crippen LogP contribution in [0.3, 0.4) is 0 Å². The van der Waals surface area contributed by atoms with Crippen molar-refractivity contribution in [1.82, 2.24) is 5.32 Å². The van der Waals surface area contributed by atoms with Crippen LogP contribution in [0.25, 0.3) is 0 Å². The number of amides is 1. The zero-order chi connectivity index (χ0) is 13.8. The lowest BCUT2D eigenvalue weighted by Crippen LogP contribution is -2.23. The summed E-state index contributed by atoms with van der Waals surface area (Å²) in [7, 11) is 0. The summed E-state index contributed by atoms with van der Waals surface area (Å²) < 4.78 is 1.71. The summed E-state index contributed by atoms with van der Waals surface area (Å²) >= 11 is 6.72. The van der Waals surface area contributed by atoms with Crippen LogP contribution in [-0.4, -0.2) is 5.91 Å². The molecule has 2 rings (SSSR count). The molecule has 0 aliphatic heterocycles. The second-order valence-electron chi connectivity index (χ2n) is 4.04. The van der Waals surface area contributed by atoms with Crippen LogP contribution < -0.4 is 11.1 Å². The van der Waals surface area contributed by atoms with Gasteiger partial charge in [-0.15, -0.1) is 0 Å². The maximum absolute atomic E-state index is 12.0. The van der Waals surface area contributed by atoms with Crippen molar-refractivity contribution in [3.05, 3.63) is 62.5 Å². The number of benzene rings is 2. The van der Waals surface area contributed by atoms with Crippen LogP contribution in [0.5, 0.6) is 0 Å². The molecule has 0 unspecified atom stereocenters. The highest BCUT2D eigenvalue weighted by Gasteiger charge is 2.08. The number of nitrogens with two attached hydrogens (primary N) is 1. The Morgan fingerprint density at radius 1 is 1.11 bits per heavy atom. The third kappa shape index (κ3) is 3.81. The zero-order valence-corrected chi connectivity index (χ0v) is 13.2. The Bertz CT molecular complexity index is 594. The third-order valence-electron chi connectivity index (χ3n) is 2.62. The Morgan fingerprint density at radius 3 is 2.37 bits per heavy atom. The standard InChI is InChI=1S/C14H12Br2N2O/c15-11-5-10(6-12(16)7-11)14(19)18-8-9-3-1-2-4-13(9)17/h1-7H,8,17H2,(H,18,19). The van der Waals surface area contributed by atoms with E-state index in [2.05, 4.69) is 37.2 Å². The van der Waals surface area contributed by atoms with Crippen LogP contribution in [0.15, 0.2) is 51.4 Å². The smallest absolute Gasteiger partial charge is 0.251 e. The lowest BCUT2D eigenvalue weighted by atomic mass is 10.1. The molecule has 2 aromatic rings. The van der Waals surface area contributed by atoms with Gasteiger partial charge in [-0.25, -0.2) is 0 Å². The first-order chi connectivity index (χ1) is 9.06. The van der Waals surface area contributed by atoms with Crippen molar-refractivity contribution in [3.8, 4) is 0 Å². The van der Waals surface area contributed by atoms with E-state index in [9.17, 15) is 4.79 Å². The first kappa shape index (κ1) is 14.1. The fourth-order valence-corrected chi connectivity index (χ4v) is 2.95. The van der Waals surface area contributed by atoms with Gasteiger partial charge in [0.2, 0.25) is 0 Å². The molecule has 0 saturated heterocycles. The summed E-state index contributed by atoms with van der Waals surface area (Å²) in [5.74, 6) is -0.134. The topological polar surface area (TPSA) is 55.1 Å². The average Bonchev–Trinajstić information content (AvgIpc) is 2.36. The number of para-hydroxylation sites is 1. The average molecular weight is 384 g/mol. The van der Waals surface area contributed by atoms with Crippen molar-refractivity contribution >= 4 is 43.5 Å². The summed E-state index contributed by atoms with van der Waals surface area (Å²) in [5.41, 5.74) is 8.01. The molecule has 3 N–H and O–H groups in total. The molecule has 19 heavy (non-hydrogen) atoms. The maximum atomic E-state index is 12.0. The first-order valence-corrected chi connectivity index (χ1v) is 7.22. The zero-order valence-electron chi connectivity index (χ0n) is 9.99. The fraction of sp³-hybridized carbons (Fsp3) is 0.0714. The van der Waals surface area contributed by atoms with Gasteiger partial charge in [-0.1, -0.05) is 50.1 Å². The number of nitrogen functional groups attached to an aromatic ring is 1. The van der Waals surface area contributed by atoms with Gasteiger partial charge in [-0.2, -0.15) is 0 Å². The normalized spacial score (nSPS) is 10.2. The molecule has 2 aromatic carbocycles. The predicted octanol–water partition coefficient (Wildman–Crippen LogP) is 3.72. The number of anilines is 1.